The van der Waals surface area contributed by atoms with Crippen molar-refractivity contribution in [2.24, 2.45) is 0 Å². The molecule has 0 fully saturated rings. The smallest absolute Gasteiger partial charge is 0.135 e. The third-order valence-electron chi connectivity index (χ3n) is 3.31. The first kappa shape index (κ1) is 14.4. The molecule has 22 heavy (non-hydrogen) atoms. The van der Waals surface area contributed by atoms with Crippen LogP contribution >= 0.6 is 11.9 Å². The van der Waals surface area contributed by atoms with Gasteiger partial charge in [-0.2, -0.15) is 5.26 Å². The average Bonchev–Trinajstić information content (AvgIpc) is 2.52. The van der Waals surface area contributed by atoms with Gasteiger partial charge in [0.05, 0.1) is 16.8 Å². The van der Waals surface area contributed by atoms with Gasteiger partial charge in [0.2, 0.25) is 0 Å². The zero-order chi connectivity index (χ0) is 15.5. The van der Waals surface area contributed by atoms with E-state index in [1.165, 1.54) is 11.9 Å². The second-order valence-corrected chi connectivity index (χ2v) is 5.75. The van der Waals surface area contributed by atoms with E-state index in [-0.39, 0.29) is 0 Å². The fraction of sp³-hybridized carbons (Fsp3) is 0.118. The number of rotatable bonds is 3. The Morgan fingerprint density at radius 3 is 2.82 bits per heavy atom. The number of hydrogen-bond acceptors (Lipinski definition) is 5. The molecule has 3 rings (SSSR count). The predicted molar refractivity (Wildman–Crippen MR) is 89.6 cm³/mol. The van der Waals surface area contributed by atoms with Gasteiger partial charge in [0.25, 0.3) is 0 Å². The van der Waals surface area contributed by atoms with Gasteiger partial charge >= 0.3 is 0 Å². The molecule has 0 atom stereocenters. The lowest BCUT2D eigenvalue weighted by Gasteiger charge is -2.10. The Morgan fingerprint density at radius 1 is 1.18 bits per heavy atom. The highest BCUT2D eigenvalue weighted by atomic mass is 32.2. The minimum atomic E-state index is 0.608. The average molecular weight is 306 g/mol. The van der Waals surface area contributed by atoms with Gasteiger partial charge in [-0.25, -0.2) is 4.98 Å². The number of nitrogens with one attached hydrogen (secondary N) is 1. The number of aromatic nitrogens is 2. The molecule has 0 unspecified atom stereocenters. The van der Waals surface area contributed by atoms with Crippen molar-refractivity contribution in [2.45, 2.75) is 18.9 Å². The minimum absolute atomic E-state index is 0.608. The first-order valence-corrected chi connectivity index (χ1v) is 7.65. The summed E-state index contributed by atoms with van der Waals surface area (Å²) in [6, 6.07) is 14.1. The fourth-order valence-corrected chi connectivity index (χ4v) is 3.17. The third kappa shape index (κ3) is 2.74. The van der Waals surface area contributed by atoms with Gasteiger partial charge in [0.1, 0.15) is 11.1 Å². The van der Waals surface area contributed by atoms with Crippen LogP contribution in [-0.2, 0) is 0 Å². The lowest BCUT2D eigenvalue weighted by molar-refractivity contribution is 1.03. The third-order valence-corrected chi connectivity index (χ3v) is 4.12. The summed E-state index contributed by atoms with van der Waals surface area (Å²) < 4.78 is 3.27. The minimum Gasteiger partial charge on any atom is -0.322 e. The van der Waals surface area contributed by atoms with E-state index in [1.54, 1.807) is 6.20 Å². The van der Waals surface area contributed by atoms with E-state index in [4.69, 9.17) is 0 Å². The molecular weight excluding hydrogens is 292 g/mol. The van der Waals surface area contributed by atoms with Crippen molar-refractivity contribution in [3.8, 4) is 6.07 Å². The lowest BCUT2D eigenvalue weighted by Crippen LogP contribution is -1.97. The Labute approximate surface area is 133 Å². The number of pyridine rings is 2. The zero-order valence-electron chi connectivity index (χ0n) is 12.3. The van der Waals surface area contributed by atoms with Crippen LogP contribution in [0.2, 0.25) is 0 Å². The van der Waals surface area contributed by atoms with Crippen molar-refractivity contribution < 1.29 is 0 Å². The summed E-state index contributed by atoms with van der Waals surface area (Å²) in [6.45, 7) is 3.86. The summed E-state index contributed by atoms with van der Waals surface area (Å²) >= 11 is 1.34. The normalized spacial score (nSPS) is 10.4. The van der Waals surface area contributed by atoms with Crippen LogP contribution in [0.4, 0.5) is 5.69 Å². The molecule has 0 aliphatic carbocycles. The van der Waals surface area contributed by atoms with Gasteiger partial charge in [-0.1, -0.05) is 18.2 Å². The molecule has 2 aromatic heterocycles. The van der Waals surface area contributed by atoms with Crippen molar-refractivity contribution in [1.29, 1.82) is 5.26 Å². The van der Waals surface area contributed by atoms with E-state index >= 15 is 0 Å². The van der Waals surface area contributed by atoms with Crippen LogP contribution in [0.25, 0.3) is 10.9 Å². The summed E-state index contributed by atoms with van der Waals surface area (Å²) in [4.78, 5) is 8.87. The van der Waals surface area contributed by atoms with E-state index in [9.17, 15) is 5.26 Å². The number of aryl methyl sites for hydroxylation is 2. The molecule has 4 nitrogen and oxygen atoms in total. The quantitative estimate of drug-likeness (QED) is 0.733. The number of hydrogen-bond donors (Lipinski definition) is 1. The number of nitriles is 1. The summed E-state index contributed by atoms with van der Waals surface area (Å²) in [5, 5.41) is 11.1. The Hall–Kier alpha value is -2.58. The second kappa shape index (κ2) is 6.04. The van der Waals surface area contributed by atoms with E-state index in [1.807, 2.05) is 50.2 Å². The molecule has 0 saturated heterocycles. The monoisotopic (exact) mass is 306 g/mol. The molecular formula is C17H14N4S. The van der Waals surface area contributed by atoms with Crippen LogP contribution in [0.3, 0.4) is 0 Å². The molecule has 5 heteroatoms. The largest absolute Gasteiger partial charge is 0.322 e. The second-order valence-electron chi connectivity index (χ2n) is 4.96. The van der Waals surface area contributed by atoms with Gasteiger partial charge in [0.15, 0.2) is 0 Å². The highest BCUT2D eigenvalue weighted by Crippen LogP contribution is 2.28. The number of anilines is 1. The molecule has 1 aromatic carbocycles. The van der Waals surface area contributed by atoms with Gasteiger partial charge in [-0.05, 0) is 37.6 Å². The van der Waals surface area contributed by atoms with Gasteiger partial charge in [-0.15, -0.1) is 0 Å². The lowest BCUT2D eigenvalue weighted by atomic mass is 10.1. The SMILES string of the molecule is Cc1cc(C)c(C#N)c(SNc2cccc3cccnc23)n1. The van der Waals surface area contributed by atoms with Gasteiger partial charge in [0, 0.05) is 29.2 Å². The highest BCUT2D eigenvalue weighted by molar-refractivity contribution is 8.00. The van der Waals surface area contributed by atoms with E-state index in [0.29, 0.717) is 10.6 Å². The maximum absolute atomic E-state index is 9.32. The Morgan fingerprint density at radius 2 is 2.00 bits per heavy atom. The van der Waals surface area contributed by atoms with Crippen molar-refractivity contribution >= 4 is 28.5 Å². The Bertz CT molecular complexity index is 878. The van der Waals surface area contributed by atoms with Crippen LogP contribution in [0, 0.1) is 25.2 Å². The van der Waals surface area contributed by atoms with Crippen molar-refractivity contribution in [3.05, 3.63) is 59.4 Å². The standard InChI is InChI=1S/C17H14N4S/c1-11-9-12(2)20-17(14(11)10-18)22-21-15-7-3-5-13-6-4-8-19-16(13)15/h3-9,21H,1-2H3. The van der Waals surface area contributed by atoms with Crippen LogP contribution in [0.5, 0.6) is 0 Å². The molecule has 3 aromatic rings. The Balaban J connectivity index is 1.94. The molecule has 0 bridgehead atoms. The molecule has 0 spiro atoms. The number of fused-ring (bicyclic) bond motifs is 1. The van der Waals surface area contributed by atoms with Crippen LogP contribution in [0.1, 0.15) is 16.8 Å². The highest BCUT2D eigenvalue weighted by Gasteiger charge is 2.10. The summed E-state index contributed by atoms with van der Waals surface area (Å²) in [7, 11) is 0. The molecule has 2 heterocycles. The van der Waals surface area contributed by atoms with Gasteiger partial charge < -0.3 is 4.72 Å². The predicted octanol–water partition coefficient (Wildman–Crippen LogP) is 4.24. The summed E-state index contributed by atoms with van der Waals surface area (Å²) in [5.74, 6) is 0. The van der Waals surface area contributed by atoms with Crippen molar-refractivity contribution in [2.75, 3.05) is 4.72 Å². The number of para-hydroxylation sites is 1. The molecule has 0 saturated carbocycles. The Kier molecular flexibility index (Phi) is 3.94. The zero-order valence-corrected chi connectivity index (χ0v) is 13.1. The van der Waals surface area contributed by atoms with E-state index in [0.717, 1.165) is 27.8 Å². The fourth-order valence-electron chi connectivity index (χ4n) is 2.30. The molecule has 0 amide bonds. The number of nitrogens with zero attached hydrogens (tertiary/aromatic N) is 3. The maximum atomic E-state index is 9.32. The van der Waals surface area contributed by atoms with E-state index < -0.39 is 0 Å². The first-order chi connectivity index (χ1) is 10.7. The molecule has 0 aliphatic rings. The first-order valence-electron chi connectivity index (χ1n) is 6.84. The molecule has 0 aliphatic heterocycles. The summed E-state index contributed by atoms with van der Waals surface area (Å²) in [5.41, 5.74) is 4.26. The van der Waals surface area contributed by atoms with Crippen LogP contribution < -0.4 is 4.72 Å². The molecule has 1 N–H and O–H groups in total. The van der Waals surface area contributed by atoms with Crippen LogP contribution in [0.15, 0.2) is 47.6 Å². The number of benzene rings is 1. The molecule has 0 radical (unpaired) electrons. The van der Waals surface area contributed by atoms with Gasteiger partial charge in [-0.3, -0.25) is 4.98 Å². The maximum Gasteiger partial charge on any atom is 0.135 e. The summed E-state index contributed by atoms with van der Waals surface area (Å²) in [6.07, 6.45) is 1.77. The molecule has 108 valence electrons. The van der Waals surface area contributed by atoms with E-state index in [2.05, 4.69) is 20.8 Å². The van der Waals surface area contributed by atoms with Crippen molar-refractivity contribution in [3.63, 3.8) is 0 Å². The van der Waals surface area contributed by atoms with Crippen molar-refractivity contribution in [1.82, 2.24) is 9.97 Å². The topological polar surface area (TPSA) is 61.6 Å². The van der Waals surface area contributed by atoms with Crippen LogP contribution in [-0.4, -0.2) is 9.97 Å².